The fourth-order valence-electron chi connectivity index (χ4n) is 3.37. The average Bonchev–Trinajstić information content (AvgIpc) is 3.53. The summed E-state index contributed by atoms with van der Waals surface area (Å²) in [6.07, 6.45) is 9.96. The van der Waals surface area contributed by atoms with Gasteiger partial charge in [0.15, 0.2) is 0 Å². The normalized spacial score (nSPS) is 12.8. The molecular weight excluding hydrogens is 402 g/mol. The molecule has 0 radical (unpaired) electrons. The van der Waals surface area contributed by atoms with Gasteiger partial charge in [-0.3, -0.25) is 14.5 Å². The van der Waals surface area contributed by atoms with Crippen LogP contribution in [0.15, 0.2) is 49.1 Å². The second-order valence-electron chi connectivity index (χ2n) is 7.97. The molecule has 1 fully saturated rings. The molecule has 0 aliphatic heterocycles. The summed E-state index contributed by atoms with van der Waals surface area (Å²) >= 11 is 0. The minimum atomic E-state index is 0.0364. The van der Waals surface area contributed by atoms with Crippen molar-refractivity contribution in [2.45, 2.75) is 33.1 Å². The Morgan fingerprint density at radius 2 is 2.03 bits per heavy atom. The lowest BCUT2D eigenvalue weighted by Gasteiger charge is -2.11. The van der Waals surface area contributed by atoms with Gasteiger partial charge in [-0.1, -0.05) is 6.92 Å². The summed E-state index contributed by atoms with van der Waals surface area (Å²) in [5, 5.41) is 8.38. The van der Waals surface area contributed by atoms with Crippen LogP contribution in [-0.2, 0) is 18.3 Å². The van der Waals surface area contributed by atoms with E-state index in [-0.39, 0.29) is 11.8 Å². The van der Waals surface area contributed by atoms with Gasteiger partial charge in [0.2, 0.25) is 5.91 Å². The van der Waals surface area contributed by atoms with E-state index in [2.05, 4.69) is 38.4 Å². The van der Waals surface area contributed by atoms with Crippen molar-refractivity contribution >= 4 is 28.3 Å². The van der Waals surface area contributed by atoms with Gasteiger partial charge in [0.25, 0.3) is 0 Å². The quantitative estimate of drug-likeness (QED) is 0.509. The number of nitrogens with two attached hydrogens (primary N) is 1. The number of fused-ring (bicyclic) bond motifs is 1. The number of nitrogens with one attached hydrogen (secondary N) is 1. The smallest absolute Gasteiger partial charge is 0.228 e. The molecule has 0 spiro atoms. The number of carbonyl (C=O) groups is 1. The number of rotatable bonds is 4. The standard InChI is InChI=1S/C20H21N5O.C4H6N2/c1-3-14-6-11(2)15(9-22-14)17-7-13-8-18(25-20(26)12-4-5-12)23-10-16(13)19(21)24-17;1-6-4-2-3-5-6/h6-10,12H,3-5H2,1-2H3,(H2,21,24)(H,23,25,26);2-4H,1H3. The lowest BCUT2D eigenvalue weighted by atomic mass is 10.0. The Morgan fingerprint density at radius 3 is 2.62 bits per heavy atom. The molecule has 0 saturated heterocycles. The predicted octanol–water partition coefficient (Wildman–Crippen LogP) is 3.91. The number of nitrogen functional groups attached to an aromatic ring is 1. The van der Waals surface area contributed by atoms with Gasteiger partial charge < -0.3 is 11.1 Å². The van der Waals surface area contributed by atoms with E-state index in [0.29, 0.717) is 11.6 Å². The zero-order chi connectivity index (χ0) is 22.7. The summed E-state index contributed by atoms with van der Waals surface area (Å²) < 4.78 is 1.75. The van der Waals surface area contributed by atoms with Crippen LogP contribution in [0.2, 0.25) is 0 Å². The summed E-state index contributed by atoms with van der Waals surface area (Å²) in [6, 6.07) is 7.78. The monoisotopic (exact) mass is 429 g/mol. The van der Waals surface area contributed by atoms with Gasteiger partial charge in [-0.2, -0.15) is 5.10 Å². The molecule has 4 aromatic rings. The maximum atomic E-state index is 12.0. The van der Waals surface area contributed by atoms with E-state index in [0.717, 1.165) is 52.5 Å². The molecule has 1 saturated carbocycles. The molecule has 8 nitrogen and oxygen atoms in total. The highest BCUT2D eigenvalue weighted by atomic mass is 16.2. The summed E-state index contributed by atoms with van der Waals surface area (Å²) in [5.41, 5.74) is 10.0. The highest BCUT2D eigenvalue weighted by molar-refractivity contribution is 5.98. The Balaban J connectivity index is 0.000000354. The Hall–Kier alpha value is -3.81. The fraction of sp³-hybridized carbons (Fsp3) is 0.292. The molecular formula is C24H27N7O. The molecule has 8 heteroatoms. The first-order chi connectivity index (χ1) is 15.4. The van der Waals surface area contributed by atoms with Crippen molar-refractivity contribution in [1.82, 2.24) is 24.7 Å². The van der Waals surface area contributed by atoms with Crippen molar-refractivity contribution in [2.75, 3.05) is 11.1 Å². The second kappa shape index (κ2) is 9.13. The fourth-order valence-corrected chi connectivity index (χ4v) is 3.37. The molecule has 1 aliphatic carbocycles. The topological polar surface area (TPSA) is 112 Å². The van der Waals surface area contributed by atoms with Crippen LogP contribution < -0.4 is 11.1 Å². The number of anilines is 2. The van der Waals surface area contributed by atoms with E-state index in [1.807, 2.05) is 44.6 Å². The van der Waals surface area contributed by atoms with Gasteiger partial charge in [-0.05, 0) is 61.4 Å². The molecule has 1 aliphatic rings. The number of pyridine rings is 3. The van der Waals surface area contributed by atoms with Crippen molar-refractivity contribution in [3.8, 4) is 11.3 Å². The van der Waals surface area contributed by atoms with Gasteiger partial charge in [-0.25, -0.2) is 9.97 Å². The molecule has 4 aromatic heterocycles. The van der Waals surface area contributed by atoms with Crippen molar-refractivity contribution < 1.29 is 4.79 Å². The lowest BCUT2D eigenvalue weighted by molar-refractivity contribution is -0.117. The zero-order valence-corrected chi connectivity index (χ0v) is 18.5. The molecule has 5 rings (SSSR count). The van der Waals surface area contributed by atoms with Gasteiger partial charge in [0.05, 0.1) is 5.69 Å². The molecule has 0 bridgehead atoms. The predicted molar refractivity (Wildman–Crippen MR) is 126 cm³/mol. The van der Waals surface area contributed by atoms with E-state index in [1.54, 1.807) is 17.1 Å². The van der Waals surface area contributed by atoms with Crippen molar-refractivity contribution in [3.63, 3.8) is 0 Å². The minimum Gasteiger partial charge on any atom is -0.383 e. The second-order valence-corrected chi connectivity index (χ2v) is 7.97. The Labute approximate surface area is 186 Å². The van der Waals surface area contributed by atoms with Crippen LogP contribution >= 0.6 is 0 Å². The third-order valence-electron chi connectivity index (χ3n) is 5.39. The molecule has 32 heavy (non-hydrogen) atoms. The maximum Gasteiger partial charge on any atom is 0.228 e. The summed E-state index contributed by atoms with van der Waals surface area (Å²) in [6.45, 7) is 4.13. The summed E-state index contributed by atoms with van der Waals surface area (Å²) in [5.74, 6) is 1.14. The first kappa shape index (κ1) is 21.4. The number of amides is 1. The zero-order valence-electron chi connectivity index (χ0n) is 18.5. The third-order valence-corrected chi connectivity index (χ3v) is 5.39. The van der Waals surface area contributed by atoms with Gasteiger partial charge >= 0.3 is 0 Å². The van der Waals surface area contributed by atoms with E-state index < -0.39 is 0 Å². The van der Waals surface area contributed by atoms with Crippen LogP contribution in [0.1, 0.15) is 31.0 Å². The molecule has 0 aromatic carbocycles. The Kier molecular flexibility index (Phi) is 6.11. The molecule has 0 atom stereocenters. The highest BCUT2D eigenvalue weighted by Gasteiger charge is 2.29. The van der Waals surface area contributed by atoms with Crippen LogP contribution in [0.5, 0.6) is 0 Å². The molecule has 164 valence electrons. The number of hydrogen-bond donors (Lipinski definition) is 2. The average molecular weight is 430 g/mol. The molecule has 3 N–H and O–H groups in total. The number of carbonyl (C=O) groups excluding carboxylic acids is 1. The summed E-state index contributed by atoms with van der Waals surface area (Å²) in [4.78, 5) is 25.3. The third kappa shape index (κ3) is 4.91. The van der Waals surface area contributed by atoms with E-state index >= 15 is 0 Å². The molecule has 1 amide bonds. The van der Waals surface area contributed by atoms with Gasteiger partial charge in [0, 0.05) is 54.4 Å². The number of nitrogens with zero attached hydrogens (tertiary/aromatic N) is 5. The Bertz CT molecular complexity index is 1250. The van der Waals surface area contributed by atoms with E-state index in [4.69, 9.17) is 5.73 Å². The molecule has 4 heterocycles. The van der Waals surface area contributed by atoms with Crippen LogP contribution in [0.3, 0.4) is 0 Å². The first-order valence-electron chi connectivity index (χ1n) is 10.7. The van der Waals surface area contributed by atoms with Gasteiger partial charge in [0.1, 0.15) is 11.6 Å². The van der Waals surface area contributed by atoms with Gasteiger partial charge in [-0.15, -0.1) is 0 Å². The number of aryl methyl sites for hydroxylation is 3. The van der Waals surface area contributed by atoms with Crippen LogP contribution in [0.4, 0.5) is 11.6 Å². The summed E-state index contributed by atoms with van der Waals surface area (Å²) in [7, 11) is 1.89. The number of hydrogen-bond acceptors (Lipinski definition) is 6. The van der Waals surface area contributed by atoms with Crippen molar-refractivity contribution in [2.24, 2.45) is 13.0 Å². The van der Waals surface area contributed by atoms with Crippen LogP contribution in [0, 0.1) is 12.8 Å². The SMILES string of the molecule is CCc1cc(C)c(-c2cc3cc(NC(=O)C4CC4)ncc3c(N)n2)cn1.Cn1cccn1. The maximum absolute atomic E-state index is 12.0. The lowest BCUT2D eigenvalue weighted by Crippen LogP contribution is -2.14. The first-order valence-corrected chi connectivity index (χ1v) is 10.7. The number of aromatic nitrogens is 5. The van der Waals surface area contributed by atoms with E-state index in [1.165, 1.54) is 0 Å². The van der Waals surface area contributed by atoms with Crippen molar-refractivity contribution in [3.05, 3.63) is 60.3 Å². The minimum absolute atomic E-state index is 0.0364. The Morgan fingerprint density at radius 1 is 1.22 bits per heavy atom. The highest BCUT2D eigenvalue weighted by Crippen LogP contribution is 2.31. The molecule has 0 unspecified atom stereocenters. The largest absolute Gasteiger partial charge is 0.383 e. The van der Waals surface area contributed by atoms with Crippen LogP contribution in [-0.4, -0.2) is 30.6 Å². The van der Waals surface area contributed by atoms with E-state index in [9.17, 15) is 4.79 Å². The van der Waals surface area contributed by atoms with Crippen molar-refractivity contribution in [1.29, 1.82) is 0 Å². The van der Waals surface area contributed by atoms with Crippen LogP contribution in [0.25, 0.3) is 22.0 Å².